The van der Waals surface area contributed by atoms with Crippen LogP contribution in [0.15, 0.2) is 30.3 Å². The maximum atomic E-state index is 12.6. The largest absolute Gasteiger partial charge is 0.373 e. The Bertz CT molecular complexity index is 531. The number of carbonyl (C=O) groups excluding carboxylic acids is 1. The van der Waals surface area contributed by atoms with E-state index in [0.29, 0.717) is 0 Å². The molecule has 2 heterocycles. The predicted octanol–water partition coefficient (Wildman–Crippen LogP) is 1.78. The SMILES string of the molecule is CCC(NC(=O)C1CCNCC1)C1CN(Cc2ccccc2)CCO1. The average molecular weight is 345 g/mol. The Morgan fingerprint density at radius 2 is 2.08 bits per heavy atom. The Morgan fingerprint density at radius 3 is 2.80 bits per heavy atom. The molecule has 0 spiro atoms. The van der Waals surface area contributed by atoms with Gasteiger partial charge in [-0.1, -0.05) is 37.3 Å². The molecule has 2 atom stereocenters. The van der Waals surface area contributed by atoms with Gasteiger partial charge in [-0.15, -0.1) is 0 Å². The molecular formula is C20H31N3O2. The molecule has 0 aliphatic carbocycles. The Labute approximate surface area is 151 Å². The van der Waals surface area contributed by atoms with Crippen LogP contribution in [0.25, 0.3) is 0 Å². The van der Waals surface area contributed by atoms with Crippen LogP contribution in [0.3, 0.4) is 0 Å². The summed E-state index contributed by atoms with van der Waals surface area (Å²) in [4.78, 5) is 15.0. The fourth-order valence-corrected chi connectivity index (χ4v) is 3.80. The van der Waals surface area contributed by atoms with Crippen molar-refractivity contribution < 1.29 is 9.53 Å². The van der Waals surface area contributed by atoms with Crippen LogP contribution in [-0.2, 0) is 16.1 Å². The maximum Gasteiger partial charge on any atom is 0.223 e. The van der Waals surface area contributed by atoms with Gasteiger partial charge in [-0.05, 0) is 37.9 Å². The Kier molecular flexibility index (Phi) is 6.84. The summed E-state index contributed by atoms with van der Waals surface area (Å²) in [7, 11) is 0. The molecule has 2 aliphatic rings. The lowest BCUT2D eigenvalue weighted by atomic mass is 9.96. The summed E-state index contributed by atoms with van der Waals surface area (Å²) in [5, 5.41) is 6.59. The number of nitrogens with one attached hydrogen (secondary N) is 2. The van der Waals surface area contributed by atoms with E-state index in [0.717, 1.165) is 58.6 Å². The third kappa shape index (κ3) is 5.27. The first kappa shape index (κ1) is 18.4. The van der Waals surface area contributed by atoms with Crippen molar-refractivity contribution in [1.82, 2.24) is 15.5 Å². The minimum Gasteiger partial charge on any atom is -0.373 e. The zero-order valence-electron chi connectivity index (χ0n) is 15.2. The molecule has 5 heteroatoms. The fraction of sp³-hybridized carbons (Fsp3) is 0.650. The molecular weight excluding hydrogens is 314 g/mol. The van der Waals surface area contributed by atoms with Crippen LogP contribution in [0.1, 0.15) is 31.7 Å². The number of hydrogen-bond donors (Lipinski definition) is 2. The molecule has 1 aromatic carbocycles. The topological polar surface area (TPSA) is 53.6 Å². The van der Waals surface area contributed by atoms with E-state index >= 15 is 0 Å². The predicted molar refractivity (Wildman–Crippen MR) is 99.3 cm³/mol. The summed E-state index contributed by atoms with van der Waals surface area (Å²) in [5.74, 6) is 0.358. The number of nitrogens with zero attached hydrogens (tertiary/aromatic N) is 1. The highest BCUT2D eigenvalue weighted by atomic mass is 16.5. The third-order valence-corrected chi connectivity index (χ3v) is 5.35. The van der Waals surface area contributed by atoms with Crippen molar-refractivity contribution in [2.75, 3.05) is 32.8 Å². The first-order valence-corrected chi connectivity index (χ1v) is 9.65. The highest BCUT2D eigenvalue weighted by Crippen LogP contribution is 2.17. The van der Waals surface area contributed by atoms with Gasteiger partial charge >= 0.3 is 0 Å². The summed E-state index contributed by atoms with van der Waals surface area (Å²) >= 11 is 0. The molecule has 1 amide bonds. The number of carbonyl (C=O) groups is 1. The average Bonchev–Trinajstić information content (AvgIpc) is 2.67. The van der Waals surface area contributed by atoms with Crippen molar-refractivity contribution in [3.8, 4) is 0 Å². The van der Waals surface area contributed by atoms with Crippen LogP contribution in [0.5, 0.6) is 0 Å². The Balaban J connectivity index is 1.53. The zero-order valence-corrected chi connectivity index (χ0v) is 15.2. The van der Waals surface area contributed by atoms with E-state index < -0.39 is 0 Å². The Hall–Kier alpha value is -1.43. The molecule has 3 rings (SSSR count). The van der Waals surface area contributed by atoms with Gasteiger partial charge in [0, 0.05) is 25.6 Å². The summed E-state index contributed by atoms with van der Waals surface area (Å²) in [6.07, 6.45) is 2.86. The molecule has 2 aliphatic heterocycles. The van der Waals surface area contributed by atoms with E-state index in [9.17, 15) is 4.79 Å². The number of rotatable bonds is 6. The van der Waals surface area contributed by atoms with E-state index in [1.807, 2.05) is 0 Å². The number of morpholine rings is 1. The second-order valence-electron chi connectivity index (χ2n) is 7.18. The molecule has 0 aromatic heterocycles. The molecule has 2 fully saturated rings. The van der Waals surface area contributed by atoms with E-state index in [1.54, 1.807) is 0 Å². The zero-order chi connectivity index (χ0) is 17.5. The van der Waals surface area contributed by atoms with Gasteiger partial charge in [0.05, 0.1) is 18.8 Å². The molecule has 2 unspecified atom stereocenters. The second-order valence-corrected chi connectivity index (χ2v) is 7.18. The van der Waals surface area contributed by atoms with E-state index in [-0.39, 0.29) is 24.0 Å². The normalized spacial score (nSPS) is 24.0. The quantitative estimate of drug-likeness (QED) is 0.825. The van der Waals surface area contributed by atoms with E-state index in [2.05, 4.69) is 52.8 Å². The van der Waals surface area contributed by atoms with Gasteiger partial charge in [0.2, 0.25) is 5.91 Å². The van der Waals surface area contributed by atoms with Crippen molar-refractivity contribution in [1.29, 1.82) is 0 Å². The first-order chi connectivity index (χ1) is 12.3. The van der Waals surface area contributed by atoms with Gasteiger partial charge in [0.15, 0.2) is 0 Å². The van der Waals surface area contributed by atoms with Crippen LogP contribution < -0.4 is 10.6 Å². The second kappa shape index (κ2) is 9.32. The molecule has 2 N–H and O–H groups in total. The number of benzene rings is 1. The number of hydrogen-bond acceptors (Lipinski definition) is 4. The smallest absolute Gasteiger partial charge is 0.223 e. The number of ether oxygens (including phenoxy) is 1. The summed E-state index contributed by atoms with van der Waals surface area (Å²) in [6.45, 7) is 7.52. The molecule has 1 aromatic rings. The van der Waals surface area contributed by atoms with Crippen molar-refractivity contribution in [3.63, 3.8) is 0 Å². The third-order valence-electron chi connectivity index (χ3n) is 5.35. The van der Waals surface area contributed by atoms with Crippen LogP contribution in [-0.4, -0.2) is 55.7 Å². The summed E-state index contributed by atoms with van der Waals surface area (Å²) < 4.78 is 6.02. The standard InChI is InChI=1S/C20H31N3O2/c1-2-18(22-20(24)17-8-10-21-11-9-17)19-15-23(12-13-25-19)14-16-6-4-3-5-7-16/h3-7,17-19,21H,2,8-15H2,1H3,(H,22,24). The summed E-state index contributed by atoms with van der Waals surface area (Å²) in [5.41, 5.74) is 1.33. The lowest BCUT2D eigenvalue weighted by molar-refractivity contribution is -0.129. The van der Waals surface area contributed by atoms with Gasteiger partial charge in [-0.25, -0.2) is 0 Å². The van der Waals surface area contributed by atoms with Gasteiger partial charge in [-0.2, -0.15) is 0 Å². The van der Waals surface area contributed by atoms with Gasteiger partial charge in [-0.3, -0.25) is 9.69 Å². The first-order valence-electron chi connectivity index (χ1n) is 9.65. The molecule has 25 heavy (non-hydrogen) atoms. The maximum absolute atomic E-state index is 12.6. The minimum absolute atomic E-state index is 0.0770. The van der Waals surface area contributed by atoms with Crippen LogP contribution >= 0.6 is 0 Å². The molecule has 138 valence electrons. The lowest BCUT2D eigenvalue weighted by Gasteiger charge is -2.37. The van der Waals surface area contributed by atoms with Crippen molar-refractivity contribution in [2.45, 2.75) is 44.9 Å². The van der Waals surface area contributed by atoms with Crippen LogP contribution in [0.2, 0.25) is 0 Å². The molecule has 0 bridgehead atoms. The van der Waals surface area contributed by atoms with E-state index in [4.69, 9.17) is 4.74 Å². The Morgan fingerprint density at radius 1 is 1.32 bits per heavy atom. The van der Waals surface area contributed by atoms with Gasteiger partial charge < -0.3 is 15.4 Å². The lowest BCUT2D eigenvalue weighted by Crippen LogP contribution is -2.54. The monoisotopic (exact) mass is 345 g/mol. The molecule has 2 saturated heterocycles. The van der Waals surface area contributed by atoms with Crippen molar-refractivity contribution in [2.24, 2.45) is 5.92 Å². The van der Waals surface area contributed by atoms with Crippen molar-refractivity contribution >= 4 is 5.91 Å². The van der Waals surface area contributed by atoms with Crippen LogP contribution in [0.4, 0.5) is 0 Å². The van der Waals surface area contributed by atoms with Gasteiger partial charge in [0.25, 0.3) is 0 Å². The van der Waals surface area contributed by atoms with Gasteiger partial charge in [0.1, 0.15) is 0 Å². The van der Waals surface area contributed by atoms with Crippen LogP contribution in [0, 0.1) is 5.92 Å². The number of piperidine rings is 1. The highest BCUT2D eigenvalue weighted by molar-refractivity contribution is 5.79. The molecule has 5 nitrogen and oxygen atoms in total. The highest BCUT2D eigenvalue weighted by Gasteiger charge is 2.30. The van der Waals surface area contributed by atoms with Crippen molar-refractivity contribution in [3.05, 3.63) is 35.9 Å². The summed E-state index contributed by atoms with van der Waals surface area (Å²) in [6, 6.07) is 10.7. The minimum atomic E-state index is 0.0770. The molecule has 0 saturated carbocycles. The fourth-order valence-electron chi connectivity index (χ4n) is 3.80. The van der Waals surface area contributed by atoms with E-state index in [1.165, 1.54) is 5.56 Å². The molecule has 0 radical (unpaired) electrons. The number of amides is 1.